The average molecular weight is 863 g/mol. The zero-order valence-corrected chi connectivity index (χ0v) is 41.8. The van der Waals surface area contributed by atoms with Gasteiger partial charge in [0.2, 0.25) is 0 Å². The molecule has 0 radical (unpaired) electrons. The van der Waals surface area contributed by atoms with Crippen LogP contribution in [0, 0.1) is 11.8 Å². The van der Waals surface area contributed by atoms with E-state index in [-0.39, 0.29) is 31.1 Å². The standard InChI is InChI=1S/C55H106O6/c1-6-7-8-9-10-11-12-13-14-15-16-17-18-21-24-30-35-40-45-53(56)59-48-52(49-60-54(57)46-41-36-31-27-26-29-34-39-44-51(4)5)61-55(58)47-42-37-32-25-22-19-20-23-28-33-38-43-50(2)3/h50-52H,6-49H2,1-5H3/t52-/m0/s1. The minimum atomic E-state index is -0.762. The van der Waals surface area contributed by atoms with Gasteiger partial charge in [-0.3, -0.25) is 14.4 Å². The molecule has 0 aliphatic carbocycles. The van der Waals surface area contributed by atoms with E-state index in [0.29, 0.717) is 19.3 Å². The minimum Gasteiger partial charge on any atom is -0.462 e. The van der Waals surface area contributed by atoms with Crippen LogP contribution in [0.1, 0.15) is 304 Å². The van der Waals surface area contributed by atoms with Gasteiger partial charge in [-0.15, -0.1) is 0 Å². The van der Waals surface area contributed by atoms with E-state index in [1.807, 2.05) is 0 Å². The molecule has 0 unspecified atom stereocenters. The normalized spacial score (nSPS) is 12.0. The molecule has 6 nitrogen and oxygen atoms in total. The summed E-state index contributed by atoms with van der Waals surface area (Å²) in [7, 11) is 0. The van der Waals surface area contributed by atoms with Crippen LogP contribution in [-0.2, 0) is 28.6 Å². The fraction of sp³-hybridized carbons (Fsp3) is 0.945. The molecule has 0 saturated heterocycles. The van der Waals surface area contributed by atoms with E-state index in [1.165, 1.54) is 193 Å². The molecule has 0 aromatic rings. The first-order valence-corrected chi connectivity index (χ1v) is 27.2. The van der Waals surface area contributed by atoms with E-state index < -0.39 is 6.10 Å². The lowest BCUT2D eigenvalue weighted by Gasteiger charge is -2.18. The number of hydrogen-bond donors (Lipinski definition) is 0. The van der Waals surface area contributed by atoms with Crippen molar-refractivity contribution >= 4 is 17.9 Å². The van der Waals surface area contributed by atoms with Gasteiger partial charge in [0, 0.05) is 19.3 Å². The Kier molecular flexibility index (Phi) is 46.6. The fourth-order valence-corrected chi connectivity index (χ4v) is 8.34. The first-order chi connectivity index (χ1) is 29.7. The number of esters is 3. The van der Waals surface area contributed by atoms with Crippen LogP contribution >= 0.6 is 0 Å². The predicted molar refractivity (Wildman–Crippen MR) is 261 cm³/mol. The number of carbonyl (C=O) groups excluding carboxylic acids is 3. The molecule has 362 valence electrons. The Hall–Kier alpha value is -1.59. The highest BCUT2D eigenvalue weighted by atomic mass is 16.6. The quantitative estimate of drug-likeness (QED) is 0.0344. The topological polar surface area (TPSA) is 78.9 Å². The van der Waals surface area contributed by atoms with Crippen molar-refractivity contribution < 1.29 is 28.6 Å². The van der Waals surface area contributed by atoms with Crippen molar-refractivity contribution in [2.75, 3.05) is 13.2 Å². The predicted octanol–water partition coefficient (Wildman–Crippen LogP) is 17.7. The van der Waals surface area contributed by atoms with E-state index in [4.69, 9.17) is 14.2 Å². The summed E-state index contributed by atoms with van der Waals surface area (Å²) in [5, 5.41) is 0. The summed E-state index contributed by atoms with van der Waals surface area (Å²) >= 11 is 0. The van der Waals surface area contributed by atoms with E-state index >= 15 is 0 Å². The van der Waals surface area contributed by atoms with Crippen molar-refractivity contribution in [2.45, 2.75) is 310 Å². The van der Waals surface area contributed by atoms with Gasteiger partial charge in [-0.05, 0) is 31.1 Å². The maximum atomic E-state index is 12.8. The van der Waals surface area contributed by atoms with E-state index in [2.05, 4.69) is 34.6 Å². The van der Waals surface area contributed by atoms with Crippen LogP contribution in [0.3, 0.4) is 0 Å². The summed E-state index contributed by atoms with van der Waals surface area (Å²) < 4.78 is 16.8. The molecule has 0 heterocycles. The van der Waals surface area contributed by atoms with Gasteiger partial charge < -0.3 is 14.2 Å². The summed E-state index contributed by atoms with van der Waals surface area (Å²) in [6.45, 7) is 11.4. The van der Waals surface area contributed by atoms with Crippen molar-refractivity contribution in [2.24, 2.45) is 11.8 Å². The van der Waals surface area contributed by atoms with Crippen molar-refractivity contribution in [3.05, 3.63) is 0 Å². The van der Waals surface area contributed by atoms with Crippen molar-refractivity contribution in [3.63, 3.8) is 0 Å². The molecule has 0 bridgehead atoms. The third kappa shape index (κ3) is 49.3. The van der Waals surface area contributed by atoms with Crippen molar-refractivity contribution in [3.8, 4) is 0 Å². The van der Waals surface area contributed by atoms with Gasteiger partial charge in [0.25, 0.3) is 0 Å². The summed E-state index contributed by atoms with van der Waals surface area (Å²) in [5.74, 6) is 0.774. The zero-order chi connectivity index (χ0) is 44.7. The summed E-state index contributed by atoms with van der Waals surface area (Å²) in [5.41, 5.74) is 0. The lowest BCUT2D eigenvalue weighted by Crippen LogP contribution is -2.30. The van der Waals surface area contributed by atoms with Crippen molar-refractivity contribution in [1.29, 1.82) is 0 Å². The van der Waals surface area contributed by atoms with Gasteiger partial charge in [-0.25, -0.2) is 0 Å². The van der Waals surface area contributed by atoms with E-state index in [1.54, 1.807) is 0 Å². The molecule has 0 aliphatic heterocycles. The molecule has 0 saturated carbocycles. The monoisotopic (exact) mass is 863 g/mol. The number of rotatable bonds is 49. The second kappa shape index (κ2) is 47.9. The van der Waals surface area contributed by atoms with Gasteiger partial charge in [0.1, 0.15) is 13.2 Å². The fourth-order valence-electron chi connectivity index (χ4n) is 8.34. The molecule has 1 atom stereocenters. The number of ether oxygens (including phenoxy) is 3. The minimum absolute atomic E-state index is 0.0637. The second-order valence-electron chi connectivity index (χ2n) is 19.8. The molecule has 0 rings (SSSR count). The van der Waals surface area contributed by atoms with Gasteiger partial charge in [0.05, 0.1) is 0 Å². The van der Waals surface area contributed by atoms with Gasteiger partial charge in [-0.1, -0.05) is 266 Å². The molecule has 0 amide bonds. The Morgan fingerprint density at radius 1 is 0.311 bits per heavy atom. The molecule has 0 aromatic heterocycles. The number of carbonyl (C=O) groups is 3. The first kappa shape index (κ1) is 59.4. The molecule has 0 aliphatic rings. The third-order valence-electron chi connectivity index (χ3n) is 12.5. The van der Waals surface area contributed by atoms with Crippen molar-refractivity contribution in [1.82, 2.24) is 0 Å². The molecule has 0 fully saturated rings. The molecule has 61 heavy (non-hydrogen) atoms. The van der Waals surface area contributed by atoms with Crippen LogP contribution in [0.15, 0.2) is 0 Å². The second-order valence-corrected chi connectivity index (χ2v) is 19.8. The maximum absolute atomic E-state index is 12.8. The SMILES string of the molecule is CCCCCCCCCCCCCCCCCCCCC(=O)OC[C@@H](COC(=O)CCCCCCCCCCC(C)C)OC(=O)CCCCCCCCCCCCCC(C)C. The highest BCUT2D eigenvalue weighted by molar-refractivity contribution is 5.71. The third-order valence-corrected chi connectivity index (χ3v) is 12.5. The molecular formula is C55H106O6. The van der Waals surface area contributed by atoms with Crippen LogP contribution in [0.2, 0.25) is 0 Å². The molecule has 6 heteroatoms. The van der Waals surface area contributed by atoms with Crippen LogP contribution in [0.4, 0.5) is 0 Å². The van der Waals surface area contributed by atoms with Crippen LogP contribution in [0.5, 0.6) is 0 Å². The highest BCUT2D eigenvalue weighted by Crippen LogP contribution is 2.18. The van der Waals surface area contributed by atoms with Gasteiger partial charge in [-0.2, -0.15) is 0 Å². The Bertz CT molecular complexity index is 931. The van der Waals surface area contributed by atoms with Crippen LogP contribution in [0.25, 0.3) is 0 Å². The molecule has 0 aromatic carbocycles. The van der Waals surface area contributed by atoms with E-state index in [9.17, 15) is 14.4 Å². The average Bonchev–Trinajstić information content (AvgIpc) is 3.23. The lowest BCUT2D eigenvalue weighted by molar-refractivity contribution is -0.167. The number of unbranched alkanes of at least 4 members (excludes halogenated alkanes) is 34. The van der Waals surface area contributed by atoms with E-state index in [0.717, 1.165) is 69.6 Å². The van der Waals surface area contributed by atoms with Crippen LogP contribution in [-0.4, -0.2) is 37.2 Å². The Morgan fingerprint density at radius 3 is 0.803 bits per heavy atom. The molecule has 0 spiro atoms. The molecular weight excluding hydrogens is 757 g/mol. The smallest absolute Gasteiger partial charge is 0.306 e. The molecule has 0 N–H and O–H groups in total. The summed E-state index contributed by atoms with van der Waals surface area (Å²) in [6.07, 6.45) is 49.6. The zero-order valence-electron chi connectivity index (χ0n) is 41.8. The Labute approximate surface area is 380 Å². The first-order valence-electron chi connectivity index (χ1n) is 27.2. The van der Waals surface area contributed by atoms with Gasteiger partial charge in [0.15, 0.2) is 6.10 Å². The van der Waals surface area contributed by atoms with Crippen LogP contribution < -0.4 is 0 Å². The maximum Gasteiger partial charge on any atom is 0.306 e. The Morgan fingerprint density at radius 2 is 0.541 bits per heavy atom. The largest absolute Gasteiger partial charge is 0.462 e. The number of hydrogen-bond acceptors (Lipinski definition) is 6. The summed E-state index contributed by atoms with van der Waals surface area (Å²) in [4.78, 5) is 38.0. The Balaban J connectivity index is 4.27. The lowest BCUT2D eigenvalue weighted by atomic mass is 10.0. The highest BCUT2D eigenvalue weighted by Gasteiger charge is 2.19. The van der Waals surface area contributed by atoms with Gasteiger partial charge >= 0.3 is 17.9 Å². The summed E-state index contributed by atoms with van der Waals surface area (Å²) in [6, 6.07) is 0.